The van der Waals surface area contributed by atoms with Gasteiger partial charge in [0, 0.05) is 28.4 Å². The molecule has 5 atom stereocenters. The number of Topliss-reactive ketones (excluding diaryl/α,β-unsaturated/α-hetero) is 1. The zero-order chi connectivity index (χ0) is 13.0. The Morgan fingerprint density at radius 1 is 0.882 bits per heavy atom. The Hall–Kier alpha value is -0.530. The van der Waals surface area contributed by atoms with Crippen molar-refractivity contribution in [2.45, 2.75) is 37.6 Å². The van der Waals surface area contributed by atoms with Gasteiger partial charge in [0.1, 0.15) is 24.4 Å². The number of hydrogen-bond acceptors (Lipinski definition) is 6. The second-order valence-electron chi connectivity index (χ2n) is 3.87. The van der Waals surface area contributed by atoms with Crippen molar-refractivity contribution in [2.75, 3.05) is 28.4 Å². The van der Waals surface area contributed by atoms with Crippen molar-refractivity contribution in [1.29, 1.82) is 0 Å². The fourth-order valence-corrected chi connectivity index (χ4v) is 2.10. The lowest BCUT2D eigenvalue weighted by Gasteiger charge is -2.43. The zero-order valence-corrected chi connectivity index (χ0v) is 10.8. The Bertz CT molecular complexity index is 256. The van der Waals surface area contributed by atoms with Gasteiger partial charge in [-0.3, -0.25) is 4.79 Å². The molecule has 0 aliphatic carbocycles. The molecule has 0 aromatic heterocycles. The summed E-state index contributed by atoms with van der Waals surface area (Å²) in [7, 11) is 6.08. The highest BCUT2D eigenvalue weighted by Gasteiger charge is 2.48. The molecule has 1 aliphatic rings. The van der Waals surface area contributed by atoms with Gasteiger partial charge in [-0.05, 0) is 6.92 Å². The average Bonchev–Trinajstić information content (AvgIpc) is 2.35. The maximum Gasteiger partial charge on any atom is 0.187 e. The van der Waals surface area contributed by atoms with Crippen molar-refractivity contribution < 1.29 is 28.5 Å². The standard InChI is InChI=1S/C11H20O6/c1-6(12)7-8(13-2)9(14-3)10(15-4)11(16-5)17-7/h7-11H,1-5H3/t7-,8-,9+,10-,11-/m1/s1. The molecule has 0 unspecified atom stereocenters. The van der Waals surface area contributed by atoms with Crippen molar-refractivity contribution in [3.05, 3.63) is 0 Å². The van der Waals surface area contributed by atoms with E-state index in [1.807, 2.05) is 0 Å². The summed E-state index contributed by atoms with van der Waals surface area (Å²) >= 11 is 0. The summed E-state index contributed by atoms with van der Waals surface area (Å²) in [6, 6.07) is 0. The van der Waals surface area contributed by atoms with Crippen molar-refractivity contribution in [1.82, 2.24) is 0 Å². The van der Waals surface area contributed by atoms with E-state index in [9.17, 15) is 4.79 Å². The van der Waals surface area contributed by atoms with Crippen LogP contribution in [0.25, 0.3) is 0 Å². The lowest BCUT2D eigenvalue weighted by Crippen LogP contribution is -2.61. The van der Waals surface area contributed by atoms with Crippen LogP contribution in [0.2, 0.25) is 0 Å². The summed E-state index contributed by atoms with van der Waals surface area (Å²) in [4.78, 5) is 11.5. The van der Waals surface area contributed by atoms with Gasteiger partial charge in [-0.25, -0.2) is 0 Å². The fraction of sp³-hybridized carbons (Fsp3) is 0.909. The fourth-order valence-electron chi connectivity index (χ4n) is 2.10. The normalized spacial score (nSPS) is 38.1. The lowest BCUT2D eigenvalue weighted by atomic mass is 9.96. The molecule has 17 heavy (non-hydrogen) atoms. The number of carbonyl (C=O) groups is 1. The quantitative estimate of drug-likeness (QED) is 0.682. The minimum atomic E-state index is -0.707. The van der Waals surface area contributed by atoms with Gasteiger partial charge in [-0.2, -0.15) is 0 Å². The van der Waals surface area contributed by atoms with Crippen molar-refractivity contribution in [2.24, 2.45) is 0 Å². The highest BCUT2D eigenvalue weighted by molar-refractivity contribution is 5.81. The van der Waals surface area contributed by atoms with E-state index in [2.05, 4.69) is 0 Å². The predicted octanol–water partition coefficient (Wildman–Crippen LogP) is -0.00830. The van der Waals surface area contributed by atoms with Crippen molar-refractivity contribution in [3.63, 3.8) is 0 Å². The van der Waals surface area contributed by atoms with Gasteiger partial charge in [-0.1, -0.05) is 0 Å². The Morgan fingerprint density at radius 2 is 1.41 bits per heavy atom. The van der Waals surface area contributed by atoms with E-state index in [4.69, 9.17) is 23.7 Å². The first-order valence-corrected chi connectivity index (χ1v) is 5.37. The highest BCUT2D eigenvalue weighted by Crippen LogP contribution is 2.27. The second-order valence-corrected chi connectivity index (χ2v) is 3.87. The molecule has 6 heteroatoms. The predicted molar refractivity (Wildman–Crippen MR) is 58.7 cm³/mol. The topological polar surface area (TPSA) is 63.2 Å². The van der Waals surface area contributed by atoms with Crippen LogP contribution in [-0.4, -0.2) is 64.9 Å². The van der Waals surface area contributed by atoms with Gasteiger partial charge in [0.15, 0.2) is 12.1 Å². The largest absolute Gasteiger partial charge is 0.376 e. The van der Waals surface area contributed by atoms with Crippen LogP contribution in [0.15, 0.2) is 0 Å². The summed E-state index contributed by atoms with van der Waals surface area (Å²) < 4.78 is 26.6. The smallest absolute Gasteiger partial charge is 0.187 e. The summed E-state index contributed by atoms with van der Waals surface area (Å²) in [6.07, 6.45) is -2.72. The van der Waals surface area contributed by atoms with Crippen LogP contribution in [0.4, 0.5) is 0 Å². The average molecular weight is 248 g/mol. The zero-order valence-electron chi connectivity index (χ0n) is 10.8. The van der Waals surface area contributed by atoms with Crippen LogP contribution in [-0.2, 0) is 28.5 Å². The first-order valence-electron chi connectivity index (χ1n) is 5.37. The van der Waals surface area contributed by atoms with Crippen LogP contribution in [0.1, 0.15) is 6.92 Å². The molecule has 6 nitrogen and oxygen atoms in total. The maximum absolute atomic E-state index is 11.5. The minimum absolute atomic E-state index is 0.129. The van der Waals surface area contributed by atoms with E-state index >= 15 is 0 Å². The molecule has 1 aliphatic heterocycles. The van der Waals surface area contributed by atoms with E-state index in [0.717, 1.165) is 0 Å². The third kappa shape index (κ3) is 2.83. The van der Waals surface area contributed by atoms with E-state index in [1.165, 1.54) is 35.4 Å². The van der Waals surface area contributed by atoms with Crippen LogP contribution in [0.5, 0.6) is 0 Å². The van der Waals surface area contributed by atoms with E-state index in [0.29, 0.717) is 0 Å². The molecule has 0 radical (unpaired) electrons. The Balaban J connectivity index is 2.96. The van der Waals surface area contributed by atoms with Crippen LogP contribution in [0, 0.1) is 0 Å². The number of hydrogen-bond donors (Lipinski definition) is 0. The van der Waals surface area contributed by atoms with E-state index in [1.54, 1.807) is 0 Å². The third-order valence-electron chi connectivity index (χ3n) is 2.94. The highest BCUT2D eigenvalue weighted by atomic mass is 16.7. The summed E-state index contributed by atoms with van der Waals surface area (Å²) in [5.74, 6) is -0.129. The van der Waals surface area contributed by atoms with Gasteiger partial charge in [0.2, 0.25) is 0 Å². The molecule has 0 N–H and O–H groups in total. The molecule has 0 saturated carbocycles. The molecule has 0 aromatic carbocycles. The van der Waals surface area contributed by atoms with Gasteiger partial charge < -0.3 is 23.7 Å². The van der Waals surface area contributed by atoms with E-state index in [-0.39, 0.29) is 5.78 Å². The van der Waals surface area contributed by atoms with Crippen LogP contribution in [0.3, 0.4) is 0 Å². The summed E-state index contributed by atoms with van der Waals surface area (Å²) in [6.45, 7) is 1.45. The van der Waals surface area contributed by atoms with Crippen molar-refractivity contribution in [3.8, 4) is 0 Å². The molecule has 0 spiro atoms. The molecular formula is C11H20O6. The number of carbonyl (C=O) groups excluding carboxylic acids is 1. The lowest BCUT2D eigenvalue weighted by molar-refractivity contribution is -0.295. The van der Waals surface area contributed by atoms with Gasteiger partial charge in [-0.15, -0.1) is 0 Å². The monoisotopic (exact) mass is 248 g/mol. The van der Waals surface area contributed by atoms with E-state index < -0.39 is 30.7 Å². The number of ether oxygens (including phenoxy) is 5. The molecule has 1 rings (SSSR count). The Morgan fingerprint density at radius 3 is 1.76 bits per heavy atom. The van der Waals surface area contributed by atoms with Crippen molar-refractivity contribution >= 4 is 5.78 Å². The molecule has 100 valence electrons. The van der Waals surface area contributed by atoms with Gasteiger partial charge >= 0.3 is 0 Å². The molecule has 0 bridgehead atoms. The summed E-state index contributed by atoms with van der Waals surface area (Å²) in [5.41, 5.74) is 0. The van der Waals surface area contributed by atoms with Gasteiger partial charge in [0.05, 0.1) is 0 Å². The number of rotatable bonds is 5. The molecule has 1 heterocycles. The summed E-state index contributed by atoms with van der Waals surface area (Å²) in [5, 5.41) is 0. The molecule has 1 fully saturated rings. The Kier molecular flexibility index (Phi) is 5.48. The Labute approximate surface area is 101 Å². The molecule has 0 aromatic rings. The maximum atomic E-state index is 11.5. The minimum Gasteiger partial charge on any atom is -0.376 e. The van der Waals surface area contributed by atoms with Gasteiger partial charge in [0.25, 0.3) is 0 Å². The third-order valence-corrected chi connectivity index (χ3v) is 2.94. The van der Waals surface area contributed by atoms with Crippen LogP contribution < -0.4 is 0 Å². The SMILES string of the molecule is CO[C@@H]1O[C@H](C(C)=O)[C@@H](OC)[C@H](OC)[C@H]1OC. The second kappa shape index (κ2) is 6.42. The first-order chi connectivity index (χ1) is 8.10. The molecule has 0 amide bonds. The first kappa shape index (κ1) is 14.5. The van der Waals surface area contributed by atoms with Crippen LogP contribution >= 0.6 is 0 Å². The molecule has 1 saturated heterocycles. The molecular weight excluding hydrogens is 228 g/mol. The number of methoxy groups -OCH3 is 4. The number of ketones is 1.